The third-order valence-corrected chi connectivity index (χ3v) is 3.77. The van der Waals surface area contributed by atoms with E-state index >= 15 is 0 Å². The van der Waals surface area contributed by atoms with E-state index in [1.165, 1.54) is 0 Å². The lowest BCUT2D eigenvalue weighted by molar-refractivity contribution is 1.10. The molecule has 0 spiro atoms. The fourth-order valence-corrected chi connectivity index (χ4v) is 3.04. The molecule has 0 aliphatic heterocycles. The largest absolute Gasteiger partial charge is 0.192 e. The van der Waals surface area contributed by atoms with Gasteiger partial charge in [-0.15, -0.1) is 23.5 Å². The Morgan fingerprint density at radius 3 is 2.53 bits per heavy atom. The molecule has 3 heteroatoms. The Hall–Kier alpha value is -0.590. The predicted octanol–water partition coefficient (Wildman–Crippen LogP) is 4.17. The summed E-state index contributed by atoms with van der Waals surface area (Å²) < 4.78 is 0. The molecule has 0 aliphatic rings. The van der Waals surface area contributed by atoms with Crippen LogP contribution in [0.15, 0.2) is 28.0 Å². The van der Waals surface area contributed by atoms with Crippen LogP contribution >= 0.6 is 23.5 Å². The first-order chi connectivity index (χ1) is 7.19. The van der Waals surface area contributed by atoms with Gasteiger partial charge in [0, 0.05) is 15.0 Å². The number of thioether (sulfide) groups is 2. The average molecular weight is 237 g/mol. The van der Waals surface area contributed by atoms with E-state index in [0.717, 1.165) is 21.1 Å². The van der Waals surface area contributed by atoms with Crippen molar-refractivity contribution in [3.63, 3.8) is 0 Å². The summed E-state index contributed by atoms with van der Waals surface area (Å²) in [6.45, 7) is 6.39. The summed E-state index contributed by atoms with van der Waals surface area (Å²) in [5.74, 6) is 1.00. The number of hydrogen-bond donors (Lipinski definition) is 0. The van der Waals surface area contributed by atoms with Gasteiger partial charge in [0.15, 0.2) is 0 Å². The Bertz CT molecular complexity index is 366. The lowest BCUT2D eigenvalue weighted by Gasteiger charge is -2.09. The smallest absolute Gasteiger partial charge is 0.101 e. The first-order valence-electron chi connectivity index (χ1n) is 5.01. The molecular formula is C12H15NS2. The van der Waals surface area contributed by atoms with E-state index in [1.807, 2.05) is 18.2 Å². The van der Waals surface area contributed by atoms with Crippen LogP contribution in [-0.2, 0) is 0 Å². The number of nitrogens with zero attached hydrogens (tertiary/aromatic N) is 1. The van der Waals surface area contributed by atoms with Crippen LogP contribution in [0.3, 0.4) is 0 Å². The zero-order valence-electron chi connectivity index (χ0n) is 9.28. The summed E-state index contributed by atoms with van der Waals surface area (Å²) in [6.07, 6.45) is 0. The van der Waals surface area contributed by atoms with Crippen molar-refractivity contribution in [1.29, 1.82) is 5.26 Å². The maximum Gasteiger partial charge on any atom is 0.101 e. The van der Waals surface area contributed by atoms with Crippen LogP contribution in [0.4, 0.5) is 0 Å². The molecule has 0 amide bonds. The van der Waals surface area contributed by atoms with Crippen molar-refractivity contribution in [2.24, 2.45) is 0 Å². The van der Waals surface area contributed by atoms with E-state index in [2.05, 4.69) is 26.8 Å². The van der Waals surface area contributed by atoms with Crippen LogP contribution in [0.5, 0.6) is 0 Å². The maximum absolute atomic E-state index is 9.16. The Labute approximate surface area is 100 Å². The highest BCUT2D eigenvalue weighted by Crippen LogP contribution is 2.32. The van der Waals surface area contributed by atoms with Crippen molar-refractivity contribution < 1.29 is 0 Å². The molecule has 0 N–H and O–H groups in total. The molecule has 1 nitrogen and oxygen atoms in total. The second kappa shape index (κ2) is 6.09. The van der Waals surface area contributed by atoms with Gasteiger partial charge in [0.1, 0.15) is 6.07 Å². The monoisotopic (exact) mass is 237 g/mol. The minimum absolute atomic E-state index is 0.513. The van der Waals surface area contributed by atoms with Crippen molar-refractivity contribution >= 4 is 23.5 Å². The topological polar surface area (TPSA) is 23.8 Å². The summed E-state index contributed by atoms with van der Waals surface area (Å²) in [7, 11) is 0. The van der Waals surface area contributed by atoms with E-state index < -0.39 is 0 Å². The highest BCUT2D eigenvalue weighted by molar-refractivity contribution is 8.00. The molecule has 0 bridgehead atoms. The van der Waals surface area contributed by atoms with Crippen molar-refractivity contribution in [3.8, 4) is 6.07 Å². The van der Waals surface area contributed by atoms with Gasteiger partial charge in [0.25, 0.3) is 0 Å². The molecule has 1 aromatic carbocycles. The molecule has 15 heavy (non-hydrogen) atoms. The Balaban J connectivity index is 3.06. The van der Waals surface area contributed by atoms with E-state index in [0.29, 0.717) is 5.25 Å². The number of hydrogen-bond acceptors (Lipinski definition) is 3. The quantitative estimate of drug-likeness (QED) is 0.734. The van der Waals surface area contributed by atoms with Crippen molar-refractivity contribution in [2.45, 2.75) is 35.8 Å². The van der Waals surface area contributed by atoms with Gasteiger partial charge in [0.2, 0.25) is 0 Å². The van der Waals surface area contributed by atoms with Crippen molar-refractivity contribution in [2.75, 3.05) is 5.75 Å². The van der Waals surface area contributed by atoms with Crippen LogP contribution in [0.1, 0.15) is 26.3 Å². The zero-order valence-corrected chi connectivity index (χ0v) is 10.9. The molecule has 0 aromatic heterocycles. The van der Waals surface area contributed by atoms with E-state index in [4.69, 9.17) is 5.26 Å². The maximum atomic E-state index is 9.16. The molecule has 1 aromatic rings. The van der Waals surface area contributed by atoms with Crippen LogP contribution in [-0.4, -0.2) is 11.0 Å². The van der Waals surface area contributed by atoms with Gasteiger partial charge in [-0.05, 0) is 17.9 Å². The Kier molecular flexibility index (Phi) is 5.07. The Morgan fingerprint density at radius 2 is 2.00 bits per heavy atom. The lowest BCUT2D eigenvalue weighted by atomic mass is 10.2. The van der Waals surface area contributed by atoms with E-state index in [9.17, 15) is 0 Å². The van der Waals surface area contributed by atoms with Gasteiger partial charge in [0.05, 0.1) is 5.56 Å². The molecule has 0 heterocycles. The molecule has 0 saturated carbocycles. The molecule has 0 radical (unpaired) electrons. The van der Waals surface area contributed by atoms with Gasteiger partial charge in [-0.2, -0.15) is 5.26 Å². The fourth-order valence-electron chi connectivity index (χ4n) is 1.25. The third-order valence-electron chi connectivity index (χ3n) is 1.76. The molecular weight excluding hydrogens is 222 g/mol. The molecule has 0 saturated heterocycles. The highest BCUT2D eigenvalue weighted by atomic mass is 32.2. The summed E-state index contributed by atoms with van der Waals surface area (Å²) in [5, 5.41) is 9.68. The van der Waals surface area contributed by atoms with E-state index in [-0.39, 0.29) is 0 Å². The minimum Gasteiger partial charge on any atom is -0.192 e. The lowest BCUT2D eigenvalue weighted by Crippen LogP contribution is -1.91. The Morgan fingerprint density at radius 1 is 1.33 bits per heavy atom. The van der Waals surface area contributed by atoms with Crippen LogP contribution < -0.4 is 0 Å². The number of benzene rings is 1. The molecule has 0 atom stereocenters. The SMILES string of the molecule is CCSc1cccc(SC(C)C)c1C#N. The van der Waals surface area contributed by atoms with E-state index in [1.54, 1.807) is 23.5 Å². The van der Waals surface area contributed by atoms with Gasteiger partial charge in [-0.3, -0.25) is 0 Å². The standard InChI is InChI=1S/C12H15NS2/c1-4-14-11-6-5-7-12(10(11)8-13)15-9(2)3/h5-7,9H,4H2,1-3H3. The predicted molar refractivity (Wildman–Crippen MR) is 68.5 cm³/mol. The number of nitriles is 1. The molecule has 80 valence electrons. The summed E-state index contributed by atoms with van der Waals surface area (Å²) in [5.41, 5.74) is 0.836. The second-order valence-corrected chi connectivity index (χ2v) is 6.26. The van der Waals surface area contributed by atoms with Gasteiger partial charge in [-0.1, -0.05) is 26.8 Å². The average Bonchev–Trinajstić information content (AvgIpc) is 2.18. The normalized spacial score (nSPS) is 10.3. The minimum atomic E-state index is 0.513. The zero-order chi connectivity index (χ0) is 11.3. The summed E-state index contributed by atoms with van der Waals surface area (Å²) >= 11 is 3.49. The fraction of sp³-hybridized carbons (Fsp3) is 0.417. The van der Waals surface area contributed by atoms with Crippen molar-refractivity contribution in [1.82, 2.24) is 0 Å². The van der Waals surface area contributed by atoms with Gasteiger partial charge >= 0.3 is 0 Å². The van der Waals surface area contributed by atoms with Crippen molar-refractivity contribution in [3.05, 3.63) is 23.8 Å². The van der Waals surface area contributed by atoms with Gasteiger partial charge in [-0.25, -0.2) is 0 Å². The molecule has 0 unspecified atom stereocenters. The summed E-state index contributed by atoms with van der Waals surface area (Å²) in [4.78, 5) is 2.21. The molecule has 1 rings (SSSR count). The molecule has 0 fully saturated rings. The first-order valence-corrected chi connectivity index (χ1v) is 6.88. The molecule has 0 aliphatic carbocycles. The van der Waals surface area contributed by atoms with Crippen LogP contribution in [0.2, 0.25) is 0 Å². The number of rotatable bonds is 4. The van der Waals surface area contributed by atoms with Crippen LogP contribution in [0, 0.1) is 11.3 Å². The summed E-state index contributed by atoms with van der Waals surface area (Å²) in [6, 6.07) is 8.40. The highest BCUT2D eigenvalue weighted by Gasteiger charge is 2.09. The third kappa shape index (κ3) is 3.48. The van der Waals surface area contributed by atoms with Gasteiger partial charge < -0.3 is 0 Å². The van der Waals surface area contributed by atoms with Crippen LogP contribution in [0.25, 0.3) is 0 Å². The second-order valence-electron chi connectivity index (χ2n) is 3.34. The first kappa shape index (κ1) is 12.5.